The highest BCUT2D eigenvalue weighted by atomic mass is 31.2. The summed E-state index contributed by atoms with van der Waals surface area (Å²) in [4.78, 5) is 39.1. The van der Waals surface area contributed by atoms with Crippen LogP contribution in [0.3, 0.4) is 0 Å². The summed E-state index contributed by atoms with van der Waals surface area (Å²) in [6.07, 6.45) is -0.0401. The van der Waals surface area contributed by atoms with Crippen LogP contribution in [0.1, 0.15) is 12.8 Å². The Morgan fingerprint density at radius 3 is 2.91 bits per heavy atom. The number of rotatable bonds is 7. The van der Waals surface area contributed by atoms with Gasteiger partial charge in [-0.15, -0.1) is 0 Å². The average Bonchev–Trinajstić information content (AvgIpc) is 2.78. The molecule has 2 heterocycles. The van der Waals surface area contributed by atoms with E-state index in [1.165, 1.54) is 10.9 Å². The highest BCUT2D eigenvalue weighted by Gasteiger charge is 2.15. The third-order valence-corrected chi connectivity index (χ3v) is 3.70. The minimum Gasteiger partial charge on any atom is -0.369 e. The SMILES string of the molecule is Nc1nc2c(ncn2CO[C@@H](O)CCCP(=O)(O)O)c(=O)[nH]1. The predicted molar refractivity (Wildman–Crippen MR) is 75.8 cm³/mol. The van der Waals surface area contributed by atoms with Crippen LogP contribution in [0.25, 0.3) is 11.2 Å². The summed E-state index contributed by atoms with van der Waals surface area (Å²) in [5.74, 6) is -0.0681. The van der Waals surface area contributed by atoms with E-state index in [-0.39, 0.29) is 42.8 Å². The molecule has 2 aromatic rings. The molecule has 0 aliphatic carbocycles. The summed E-state index contributed by atoms with van der Waals surface area (Å²) in [7, 11) is -4.08. The molecule has 0 fully saturated rings. The van der Waals surface area contributed by atoms with Gasteiger partial charge in [0.2, 0.25) is 5.95 Å². The molecule has 0 amide bonds. The van der Waals surface area contributed by atoms with Crippen LogP contribution in [-0.2, 0) is 16.0 Å². The lowest BCUT2D eigenvalue weighted by molar-refractivity contribution is -0.128. The lowest BCUT2D eigenvalue weighted by Crippen LogP contribution is -2.16. The number of H-pyrrole nitrogens is 1. The number of aliphatic hydroxyl groups excluding tert-OH is 1. The van der Waals surface area contributed by atoms with E-state index in [2.05, 4.69) is 15.0 Å². The monoisotopic (exact) mass is 333 g/mol. The van der Waals surface area contributed by atoms with Gasteiger partial charge >= 0.3 is 7.60 Å². The van der Waals surface area contributed by atoms with E-state index < -0.39 is 19.4 Å². The highest BCUT2D eigenvalue weighted by Crippen LogP contribution is 2.35. The van der Waals surface area contributed by atoms with Crippen LogP contribution >= 0.6 is 7.60 Å². The van der Waals surface area contributed by atoms with E-state index in [1.54, 1.807) is 0 Å². The minimum atomic E-state index is -4.08. The molecule has 11 nitrogen and oxygen atoms in total. The van der Waals surface area contributed by atoms with Gasteiger partial charge in [0, 0.05) is 6.16 Å². The molecule has 1 atom stereocenters. The van der Waals surface area contributed by atoms with E-state index in [1.807, 2.05) is 0 Å². The van der Waals surface area contributed by atoms with Gasteiger partial charge in [0.05, 0.1) is 6.33 Å². The maximum absolute atomic E-state index is 11.6. The van der Waals surface area contributed by atoms with Crippen LogP contribution in [0, 0.1) is 0 Å². The lowest BCUT2D eigenvalue weighted by atomic mass is 10.3. The molecule has 122 valence electrons. The van der Waals surface area contributed by atoms with Crippen LogP contribution in [0.4, 0.5) is 5.95 Å². The molecule has 0 aliphatic heterocycles. The molecule has 12 heteroatoms. The number of nitrogens with one attached hydrogen (secondary N) is 1. The van der Waals surface area contributed by atoms with E-state index in [0.29, 0.717) is 0 Å². The fourth-order valence-corrected chi connectivity index (χ4v) is 2.38. The van der Waals surface area contributed by atoms with E-state index >= 15 is 0 Å². The van der Waals surface area contributed by atoms with Gasteiger partial charge in [0.15, 0.2) is 17.5 Å². The van der Waals surface area contributed by atoms with Crippen molar-refractivity contribution in [1.82, 2.24) is 19.5 Å². The Morgan fingerprint density at radius 1 is 1.50 bits per heavy atom. The number of fused-ring (bicyclic) bond motifs is 1. The number of hydrogen-bond acceptors (Lipinski definition) is 7. The quantitative estimate of drug-likeness (QED) is 0.312. The molecule has 0 radical (unpaired) electrons. The van der Waals surface area contributed by atoms with Gasteiger partial charge in [-0.05, 0) is 12.8 Å². The van der Waals surface area contributed by atoms with E-state index in [9.17, 15) is 14.5 Å². The Kier molecular flexibility index (Phi) is 4.94. The Balaban J connectivity index is 1.94. The molecule has 2 rings (SSSR count). The average molecular weight is 333 g/mol. The first-order chi connectivity index (χ1) is 10.3. The molecular weight excluding hydrogens is 317 g/mol. The summed E-state index contributed by atoms with van der Waals surface area (Å²) in [5, 5.41) is 9.60. The molecule has 0 bridgehead atoms. The van der Waals surface area contributed by atoms with Crippen molar-refractivity contribution < 1.29 is 24.2 Å². The van der Waals surface area contributed by atoms with Gasteiger partial charge in [-0.2, -0.15) is 4.98 Å². The number of imidazole rings is 1. The standard InChI is InChI=1S/C10H16N5O6P/c11-10-13-8-7(9(17)14-10)12-4-15(8)5-21-6(16)2-1-3-22(18,19)20/h4,6,16H,1-3,5H2,(H2,18,19,20)(H3,11,13,14,17)/t6-/m1/s1. The van der Waals surface area contributed by atoms with Crippen molar-refractivity contribution >= 4 is 24.7 Å². The lowest BCUT2D eigenvalue weighted by Gasteiger charge is -2.12. The normalized spacial score (nSPS) is 13.6. The van der Waals surface area contributed by atoms with Crippen LogP contribution in [-0.4, -0.2) is 46.9 Å². The Labute approximate surface area is 123 Å². The molecule has 22 heavy (non-hydrogen) atoms. The van der Waals surface area contributed by atoms with E-state index in [0.717, 1.165) is 0 Å². The number of nitrogens with two attached hydrogens (primary N) is 1. The number of nitrogen functional groups attached to an aromatic ring is 1. The first kappa shape index (κ1) is 16.6. The van der Waals surface area contributed by atoms with Gasteiger partial charge in [-0.25, -0.2) is 4.98 Å². The number of anilines is 1. The van der Waals surface area contributed by atoms with Gasteiger partial charge in [-0.3, -0.25) is 18.9 Å². The number of hydrogen-bond donors (Lipinski definition) is 5. The zero-order valence-electron chi connectivity index (χ0n) is 11.4. The smallest absolute Gasteiger partial charge is 0.325 e. The van der Waals surface area contributed by atoms with Crippen LogP contribution < -0.4 is 11.3 Å². The molecule has 0 spiro atoms. The maximum Gasteiger partial charge on any atom is 0.325 e. The fraction of sp³-hybridized carbons (Fsp3) is 0.500. The Hall–Kier alpha value is -1.78. The number of aromatic nitrogens is 4. The first-order valence-electron chi connectivity index (χ1n) is 6.31. The fourth-order valence-electron chi connectivity index (χ4n) is 1.79. The Bertz CT molecular complexity index is 752. The minimum absolute atomic E-state index is 0.0634. The van der Waals surface area contributed by atoms with Gasteiger partial charge in [0.25, 0.3) is 5.56 Å². The molecule has 0 unspecified atom stereocenters. The van der Waals surface area contributed by atoms with Crippen LogP contribution in [0.2, 0.25) is 0 Å². The zero-order valence-corrected chi connectivity index (χ0v) is 12.3. The molecule has 2 aromatic heterocycles. The third kappa shape index (κ3) is 4.36. The van der Waals surface area contributed by atoms with Crippen molar-refractivity contribution in [1.29, 1.82) is 0 Å². The molecule has 0 aliphatic rings. The van der Waals surface area contributed by atoms with E-state index in [4.69, 9.17) is 20.3 Å². The molecule has 0 aromatic carbocycles. The Morgan fingerprint density at radius 2 is 2.23 bits per heavy atom. The number of nitrogens with zero attached hydrogens (tertiary/aromatic N) is 3. The zero-order chi connectivity index (χ0) is 16.3. The second kappa shape index (κ2) is 6.55. The van der Waals surface area contributed by atoms with Crippen LogP contribution in [0.15, 0.2) is 11.1 Å². The second-order valence-electron chi connectivity index (χ2n) is 4.62. The number of aliphatic hydroxyl groups is 1. The maximum atomic E-state index is 11.6. The summed E-state index contributed by atoms with van der Waals surface area (Å²) in [6.45, 7) is -0.135. The van der Waals surface area contributed by atoms with Crippen molar-refractivity contribution in [3.63, 3.8) is 0 Å². The van der Waals surface area contributed by atoms with Crippen molar-refractivity contribution in [2.75, 3.05) is 11.9 Å². The number of aromatic amines is 1. The largest absolute Gasteiger partial charge is 0.369 e. The molecular formula is C10H16N5O6P. The molecule has 0 saturated heterocycles. The summed E-state index contributed by atoms with van der Waals surface area (Å²) in [6, 6.07) is 0. The summed E-state index contributed by atoms with van der Waals surface area (Å²) in [5.41, 5.74) is 5.26. The topological polar surface area (TPSA) is 177 Å². The van der Waals surface area contributed by atoms with Crippen molar-refractivity contribution in [2.24, 2.45) is 0 Å². The second-order valence-corrected chi connectivity index (χ2v) is 6.40. The van der Waals surface area contributed by atoms with Crippen LogP contribution in [0.5, 0.6) is 0 Å². The third-order valence-electron chi connectivity index (χ3n) is 2.80. The first-order valence-corrected chi connectivity index (χ1v) is 8.11. The van der Waals surface area contributed by atoms with Gasteiger partial charge in [-0.1, -0.05) is 0 Å². The van der Waals surface area contributed by atoms with Gasteiger partial charge < -0.3 is 25.4 Å². The van der Waals surface area contributed by atoms with Crippen molar-refractivity contribution in [3.8, 4) is 0 Å². The molecule has 6 N–H and O–H groups in total. The molecule has 0 saturated carbocycles. The van der Waals surface area contributed by atoms with Crippen molar-refractivity contribution in [2.45, 2.75) is 25.9 Å². The number of ether oxygens (including phenoxy) is 1. The summed E-state index contributed by atoms with van der Waals surface area (Å²) >= 11 is 0. The summed E-state index contributed by atoms with van der Waals surface area (Å²) < 4.78 is 17.2. The van der Waals surface area contributed by atoms with Gasteiger partial charge in [0.1, 0.15) is 6.73 Å². The highest BCUT2D eigenvalue weighted by molar-refractivity contribution is 7.51. The van der Waals surface area contributed by atoms with Crippen molar-refractivity contribution in [3.05, 3.63) is 16.7 Å². The predicted octanol–water partition coefficient (Wildman–Crippen LogP) is -1.05.